The zero-order valence-electron chi connectivity index (χ0n) is 16.7. The molecular formula is C21H22N4O3S3. The van der Waals surface area contributed by atoms with Gasteiger partial charge in [-0.3, -0.25) is 4.79 Å². The van der Waals surface area contributed by atoms with Crippen molar-refractivity contribution < 1.29 is 13.2 Å². The van der Waals surface area contributed by atoms with Gasteiger partial charge in [-0.1, -0.05) is 65.6 Å². The molecule has 10 heteroatoms. The summed E-state index contributed by atoms with van der Waals surface area (Å²) >= 11 is 2.98. The molecule has 4 rings (SSSR count). The number of hydrogen-bond acceptors (Lipinski definition) is 8. The Hall–Kier alpha value is -2.27. The molecule has 7 nitrogen and oxygen atoms in total. The molecule has 0 spiro atoms. The standard InChI is InChI=1S/C21H22N4O3S3/c26-19(17-9-6-10-18(13-17)31(27,28)25-11-4-5-12-25)14-22-20-23-24-21(30-20)29-15-16-7-2-1-3-8-16/h1-3,6-10,13H,4-5,11-12,14-15H2,(H,22,23). The van der Waals surface area contributed by atoms with E-state index in [0.717, 1.165) is 22.9 Å². The number of carbonyl (C=O) groups excluding carboxylic acids is 1. The molecule has 0 aliphatic carbocycles. The van der Waals surface area contributed by atoms with Crippen LogP contribution in [0, 0.1) is 0 Å². The lowest BCUT2D eigenvalue weighted by atomic mass is 10.1. The molecule has 0 amide bonds. The van der Waals surface area contributed by atoms with Gasteiger partial charge in [0.25, 0.3) is 0 Å². The van der Waals surface area contributed by atoms with Gasteiger partial charge in [0.2, 0.25) is 15.2 Å². The molecule has 0 atom stereocenters. The van der Waals surface area contributed by atoms with E-state index in [-0.39, 0.29) is 17.2 Å². The van der Waals surface area contributed by atoms with Crippen LogP contribution in [0.1, 0.15) is 28.8 Å². The van der Waals surface area contributed by atoms with Gasteiger partial charge < -0.3 is 5.32 Å². The number of carbonyl (C=O) groups is 1. The van der Waals surface area contributed by atoms with Crippen molar-refractivity contribution in [1.29, 1.82) is 0 Å². The molecule has 1 saturated heterocycles. The SMILES string of the molecule is O=C(CNc1nnc(SCc2ccccc2)s1)c1cccc(S(=O)(=O)N2CCCC2)c1. The number of thioether (sulfide) groups is 1. The van der Waals surface area contributed by atoms with Crippen LogP contribution in [0.25, 0.3) is 0 Å². The Morgan fingerprint density at radius 3 is 2.61 bits per heavy atom. The predicted molar refractivity (Wildman–Crippen MR) is 123 cm³/mol. The Kier molecular flexibility index (Phi) is 7.01. The highest BCUT2D eigenvalue weighted by Crippen LogP contribution is 2.28. The highest BCUT2D eigenvalue weighted by Gasteiger charge is 2.27. The topological polar surface area (TPSA) is 92.3 Å². The summed E-state index contributed by atoms with van der Waals surface area (Å²) in [7, 11) is -3.55. The van der Waals surface area contributed by atoms with E-state index in [9.17, 15) is 13.2 Å². The Morgan fingerprint density at radius 1 is 1.06 bits per heavy atom. The third kappa shape index (κ3) is 5.51. The van der Waals surface area contributed by atoms with Crippen LogP contribution < -0.4 is 5.32 Å². The van der Waals surface area contributed by atoms with Crippen molar-refractivity contribution in [3.8, 4) is 0 Å². The van der Waals surface area contributed by atoms with E-state index in [4.69, 9.17) is 0 Å². The molecule has 0 unspecified atom stereocenters. The van der Waals surface area contributed by atoms with E-state index in [1.165, 1.54) is 27.3 Å². The molecule has 1 N–H and O–H groups in total. The Morgan fingerprint density at radius 2 is 1.84 bits per heavy atom. The van der Waals surface area contributed by atoms with Crippen LogP contribution in [0.2, 0.25) is 0 Å². The zero-order chi connectivity index (χ0) is 21.7. The van der Waals surface area contributed by atoms with Gasteiger partial charge in [0.1, 0.15) is 0 Å². The summed E-state index contributed by atoms with van der Waals surface area (Å²) < 4.78 is 27.8. The van der Waals surface area contributed by atoms with Crippen LogP contribution in [0.4, 0.5) is 5.13 Å². The second-order valence-corrected chi connectivity index (χ2v) is 11.2. The number of anilines is 1. The average molecular weight is 475 g/mol. The van der Waals surface area contributed by atoms with Gasteiger partial charge in [-0.05, 0) is 30.5 Å². The minimum atomic E-state index is -3.55. The zero-order valence-corrected chi connectivity index (χ0v) is 19.2. The van der Waals surface area contributed by atoms with Crippen molar-refractivity contribution in [2.75, 3.05) is 25.0 Å². The van der Waals surface area contributed by atoms with Crippen LogP contribution in [0.5, 0.6) is 0 Å². The van der Waals surface area contributed by atoms with E-state index in [1.807, 2.05) is 18.2 Å². The molecule has 0 bridgehead atoms. The number of nitrogens with zero attached hydrogens (tertiary/aromatic N) is 3. The Balaban J connectivity index is 1.34. The maximum absolute atomic E-state index is 12.7. The third-order valence-electron chi connectivity index (χ3n) is 4.87. The first kappa shape index (κ1) is 21.9. The second-order valence-electron chi connectivity index (χ2n) is 7.06. The lowest BCUT2D eigenvalue weighted by Crippen LogP contribution is -2.28. The molecule has 0 radical (unpaired) electrons. The maximum Gasteiger partial charge on any atom is 0.243 e. The number of nitrogens with one attached hydrogen (secondary N) is 1. The van der Waals surface area contributed by atoms with Crippen LogP contribution in [-0.4, -0.2) is 48.3 Å². The van der Waals surface area contributed by atoms with Gasteiger partial charge in [0.15, 0.2) is 10.1 Å². The summed E-state index contributed by atoms with van der Waals surface area (Å²) in [6.45, 7) is 1.08. The molecule has 3 aromatic rings. The molecule has 1 fully saturated rings. The molecule has 0 saturated carbocycles. The van der Waals surface area contributed by atoms with Gasteiger partial charge in [-0.15, -0.1) is 10.2 Å². The van der Waals surface area contributed by atoms with Crippen molar-refractivity contribution in [2.24, 2.45) is 0 Å². The first-order valence-electron chi connectivity index (χ1n) is 9.90. The highest BCUT2D eigenvalue weighted by molar-refractivity contribution is 8.00. The minimum absolute atomic E-state index is 0.0190. The van der Waals surface area contributed by atoms with Crippen molar-refractivity contribution in [3.63, 3.8) is 0 Å². The van der Waals surface area contributed by atoms with Crippen LogP contribution in [0.15, 0.2) is 63.8 Å². The molecule has 1 aliphatic rings. The molecule has 31 heavy (non-hydrogen) atoms. The van der Waals surface area contributed by atoms with Crippen molar-refractivity contribution in [1.82, 2.24) is 14.5 Å². The molecule has 2 heterocycles. The number of sulfonamides is 1. The van der Waals surface area contributed by atoms with E-state index in [1.54, 1.807) is 30.0 Å². The summed E-state index contributed by atoms with van der Waals surface area (Å²) in [5, 5.41) is 11.8. The maximum atomic E-state index is 12.7. The first-order valence-corrected chi connectivity index (χ1v) is 13.1. The van der Waals surface area contributed by atoms with Gasteiger partial charge in [0.05, 0.1) is 11.4 Å². The lowest BCUT2D eigenvalue weighted by molar-refractivity contribution is 0.101. The smallest absolute Gasteiger partial charge is 0.243 e. The van der Waals surface area contributed by atoms with Gasteiger partial charge in [-0.25, -0.2) is 8.42 Å². The van der Waals surface area contributed by atoms with Gasteiger partial charge >= 0.3 is 0 Å². The van der Waals surface area contributed by atoms with Crippen molar-refractivity contribution >= 4 is 44.0 Å². The Bertz CT molecular complexity index is 1140. The number of benzene rings is 2. The molecule has 2 aromatic carbocycles. The molecule has 162 valence electrons. The third-order valence-corrected chi connectivity index (χ3v) is 8.85. The van der Waals surface area contributed by atoms with Crippen molar-refractivity contribution in [3.05, 3.63) is 65.7 Å². The fourth-order valence-corrected chi connectivity index (χ4v) is 6.49. The number of Topliss-reactive ketones (excluding diaryl/α,β-unsaturated/α-hetero) is 1. The van der Waals surface area contributed by atoms with E-state index in [0.29, 0.717) is 23.8 Å². The number of rotatable bonds is 9. The summed E-state index contributed by atoms with van der Waals surface area (Å²) in [5.41, 5.74) is 1.56. The minimum Gasteiger partial charge on any atom is -0.353 e. The number of aromatic nitrogens is 2. The molecular weight excluding hydrogens is 452 g/mol. The summed E-state index contributed by atoms with van der Waals surface area (Å²) in [5.74, 6) is 0.597. The van der Waals surface area contributed by atoms with E-state index < -0.39 is 10.0 Å². The molecule has 1 aromatic heterocycles. The predicted octanol–water partition coefficient (Wildman–Crippen LogP) is 3.91. The first-order chi connectivity index (χ1) is 15.0. The average Bonchev–Trinajstić information content (AvgIpc) is 3.49. The van der Waals surface area contributed by atoms with Crippen LogP contribution in [-0.2, 0) is 15.8 Å². The van der Waals surface area contributed by atoms with Gasteiger partial charge in [-0.2, -0.15) is 4.31 Å². The second kappa shape index (κ2) is 9.90. The fourth-order valence-electron chi connectivity index (χ4n) is 3.22. The van der Waals surface area contributed by atoms with Gasteiger partial charge in [0, 0.05) is 24.4 Å². The quantitative estimate of drug-likeness (QED) is 0.371. The fraction of sp³-hybridized carbons (Fsp3) is 0.286. The normalized spacial score (nSPS) is 14.6. The number of hydrogen-bond donors (Lipinski definition) is 1. The Labute approximate surface area is 189 Å². The largest absolute Gasteiger partial charge is 0.353 e. The summed E-state index contributed by atoms with van der Waals surface area (Å²) in [6, 6.07) is 16.3. The van der Waals surface area contributed by atoms with E-state index >= 15 is 0 Å². The lowest BCUT2D eigenvalue weighted by Gasteiger charge is -2.15. The highest BCUT2D eigenvalue weighted by atomic mass is 32.2. The van der Waals surface area contributed by atoms with E-state index in [2.05, 4.69) is 27.6 Å². The van der Waals surface area contributed by atoms with Crippen LogP contribution >= 0.6 is 23.1 Å². The summed E-state index contributed by atoms with van der Waals surface area (Å²) in [4.78, 5) is 12.8. The van der Waals surface area contributed by atoms with Crippen LogP contribution in [0.3, 0.4) is 0 Å². The number of ketones is 1. The summed E-state index contributed by atoms with van der Waals surface area (Å²) in [6.07, 6.45) is 1.74. The monoisotopic (exact) mass is 474 g/mol. The molecule has 1 aliphatic heterocycles. The van der Waals surface area contributed by atoms with Crippen molar-refractivity contribution in [2.45, 2.75) is 27.8 Å².